The van der Waals surface area contributed by atoms with Gasteiger partial charge in [-0.3, -0.25) is 0 Å². The summed E-state index contributed by atoms with van der Waals surface area (Å²) >= 11 is 3.01. The molecule has 1 aliphatic rings. The fourth-order valence-electron chi connectivity index (χ4n) is 2.26. The smallest absolute Gasteiger partial charge is 0.244 e. The van der Waals surface area contributed by atoms with Crippen molar-refractivity contribution < 1.29 is 18.0 Å². The van der Waals surface area contributed by atoms with Gasteiger partial charge < -0.3 is 14.6 Å². The Balaban J connectivity index is 1.87. The van der Waals surface area contributed by atoms with Crippen LogP contribution in [0.3, 0.4) is 0 Å². The molecule has 3 rings (SSSR count). The molecule has 0 aliphatic carbocycles. The highest BCUT2D eigenvalue weighted by Gasteiger charge is 2.30. The first-order valence-electron chi connectivity index (χ1n) is 6.33. The van der Waals surface area contributed by atoms with Crippen LogP contribution in [-0.4, -0.2) is 29.9 Å². The number of ether oxygens (including phenoxy) is 1. The Morgan fingerprint density at radius 1 is 1.43 bits per heavy atom. The standard InChI is InChI=1S/C13H12BrF2N3O2/c1-20-6-4-9(17-5-6)13-18-12(19-21-13)7-2-3-8(15)11(16)10(7)14/h2-3,6,9,17H,4-5H2,1H3/t6-,9+/m0/s1. The SMILES string of the molecule is CO[C@@H]1CN[C@@H](c2nc(-c3ccc(F)c(F)c3Br)no2)C1. The maximum absolute atomic E-state index is 13.5. The van der Waals surface area contributed by atoms with Gasteiger partial charge in [0.05, 0.1) is 16.6 Å². The molecule has 1 fully saturated rings. The number of nitrogens with zero attached hydrogens (tertiary/aromatic N) is 2. The zero-order chi connectivity index (χ0) is 15.0. The van der Waals surface area contributed by atoms with Crippen molar-refractivity contribution in [2.75, 3.05) is 13.7 Å². The Morgan fingerprint density at radius 3 is 2.95 bits per heavy atom. The van der Waals surface area contributed by atoms with Crippen LogP contribution in [0, 0.1) is 11.6 Å². The molecular formula is C13H12BrF2N3O2. The number of rotatable bonds is 3. The maximum atomic E-state index is 13.5. The second-order valence-corrected chi connectivity index (χ2v) is 5.53. The van der Waals surface area contributed by atoms with Gasteiger partial charge in [-0.1, -0.05) is 5.16 Å². The van der Waals surface area contributed by atoms with E-state index in [9.17, 15) is 8.78 Å². The van der Waals surface area contributed by atoms with Gasteiger partial charge in [0, 0.05) is 19.2 Å². The molecule has 8 heteroatoms. The summed E-state index contributed by atoms with van der Waals surface area (Å²) in [6.45, 7) is 0.702. The molecule has 5 nitrogen and oxygen atoms in total. The van der Waals surface area contributed by atoms with Gasteiger partial charge in [-0.15, -0.1) is 0 Å². The highest BCUT2D eigenvalue weighted by atomic mass is 79.9. The van der Waals surface area contributed by atoms with E-state index in [0.29, 0.717) is 18.0 Å². The van der Waals surface area contributed by atoms with Gasteiger partial charge in [0.15, 0.2) is 11.6 Å². The lowest BCUT2D eigenvalue weighted by Gasteiger charge is -2.04. The van der Waals surface area contributed by atoms with Crippen molar-refractivity contribution >= 4 is 15.9 Å². The molecule has 0 bridgehead atoms. The fourth-order valence-corrected chi connectivity index (χ4v) is 2.75. The quantitative estimate of drug-likeness (QED) is 0.853. The Bertz CT molecular complexity index is 665. The van der Waals surface area contributed by atoms with Gasteiger partial charge in [0.2, 0.25) is 11.7 Å². The summed E-state index contributed by atoms with van der Waals surface area (Å²) in [7, 11) is 1.65. The third-order valence-electron chi connectivity index (χ3n) is 3.44. The van der Waals surface area contributed by atoms with Crippen molar-refractivity contribution in [2.45, 2.75) is 18.6 Å². The second kappa shape index (κ2) is 5.78. The van der Waals surface area contributed by atoms with E-state index in [-0.39, 0.29) is 22.4 Å². The van der Waals surface area contributed by atoms with Crippen LogP contribution in [0.1, 0.15) is 18.4 Å². The molecule has 1 aromatic carbocycles. The van der Waals surface area contributed by atoms with E-state index < -0.39 is 11.6 Å². The molecular weight excluding hydrogens is 348 g/mol. The van der Waals surface area contributed by atoms with Crippen molar-refractivity contribution in [3.8, 4) is 11.4 Å². The molecule has 2 aromatic rings. The number of methoxy groups -OCH3 is 1. The minimum absolute atomic E-state index is 0.0241. The molecule has 1 aromatic heterocycles. The average Bonchev–Trinajstić information content (AvgIpc) is 3.13. The van der Waals surface area contributed by atoms with E-state index in [2.05, 4.69) is 31.4 Å². The average molecular weight is 360 g/mol. The summed E-state index contributed by atoms with van der Waals surface area (Å²) in [6.07, 6.45) is 0.817. The van der Waals surface area contributed by atoms with Gasteiger partial charge in [-0.2, -0.15) is 4.98 Å². The zero-order valence-corrected chi connectivity index (χ0v) is 12.7. The van der Waals surface area contributed by atoms with Crippen molar-refractivity contribution in [1.29, 1.82) is 0 Å². The first-order valence-corrected chi connectivity index (χ1v) is 7.13. The van der Waals surface area contributed by atoms with Crippen LogP contribution < -0.4 is 5.32 Å². The van der Waals surface area contributed by atoms with Gasteiger partial charge in [-0.25, -0.2) is 8.78 Å². The Hall–Kier alpha value is -1.38. The first kappa shape index (κ1) is 14.6. The summed E-state index contributed by atoms with van der Waals surface area (Å²) < 4.78 is 37.1. The molecule has 0 amide bonds. The van der Waals surface area contributed by atoms with Crippen molar-refractivity contribution in [3.63, 3.8) is 0 Å². The van der Waals surface area contributed by atoms with Gasteiger partial charge in [0.1, 0.15) is 0 Å². The number of halogens is 3. The van der Waals surface area contributed by atoms with E-state index in [0.717, 1.165) is 12.5 Å². The van der Waals surface area contributed by atoms with Crippen molar-refractivity contribution in [3.05, 3.63) is 34.1 Å². The lowest BCUT2D eigenvalue weighted by atomic mass is 10.2. The topological polar surface area (TPSA) is 60.2 Å². The number of aromatic nitrogens is 2. The molecule has 0 spiro atoms. The molecule has 1 aliphatic heterocycles. The number of nitrogens with one attached hydrogen (secondary N) is 1. The second-order valence-electron chi connectivity index (χ2n) is 4.73. The predicted molar refractivity (Wildman–Crippen MR) is 73.5 cm³/mol. The minimum Gasteiger partial charge on any atom is -0.380 e. The minimum atomic E-state index is -0.975. The predicted octanol–water partition coefficient (Wildman–Crippen LogP) is 2.83. The van der Waals surface area contributed by atoms with Crippen molar-refractivity contribution in [2.24, 2.45) is 0 Å². The number of hydrogen-bond donors (Lipinski definition) is 1. The Labute approximate surface area is 127 Å². The Kier molecular flexibility index (Phi) is 4.01. The van der Waals surface area contributed by atoms with Crippen LogP contribution in [0.25, 0.3) is 11.4 Å². The number of hydrogen-bond acceptors (Lipinski definition) is 5. The Morgan fingerprint density at radius 2 is 2.24 bits per heavy atom. The lowest BCUT2D eigenvalue weighted by molar-refractivity contribution is 0.116. The van der Waals surface area contributed by atoms with Crippen LogP contribution in [0.2, 0.25) is 0 Å². The van der Waals surface area contributed by atoms with Crippen LogP contribution in [0.4, 0.5) is 8.78 Å². The molecule has 2 heterocycles. The third kappa shape index (κ3) is 2.70. The van der Waals surface area contributed by atoms with E-state index >= 15 is 0 Å². The molecule has 1 N–H and O–H groups in total. The van der Waals surface area contributed by atoms with E-state index in [1.165, 1.54) is 6.07 Å². The van der Waals surface area contributed by atoms with Crippen LogP contribution in [0.5, 0.6) is 0 Å². The molecule has 0 saturated carbocycles. The van der Waals surface area contributed by atoms with Gasteiger partial charge in [-0.05, 0) is 34.5 Å². The molecule has 21 heavy (non-hydrogen) atoms. The fraction of sp³-hybridized carbons (Fsp3) is 0.385. The van der Waals surface area contributed by atoms with E-state index in [4.69, 9.17) is 9.26 Å². The molecule has 2 atom stereocenters. The normalized spacial score (nSPS) is 21.9. The molecule has 0 unspecified atom stereocenters. The molecule has 112 valence electrons. The van der Waals surface area contributed by atoms with Crippen LogP contribution in [0.15, 0.2) is 21.1 Å². The third-order valence-corrected chi connectivity index (χ3v) is 4.22. The van der Waals surface area contributed by atoms with Gasteiger partial charge in [0.25, 0.3) is 0 Å². The van der Waals surface area contributed by atoms with E-state index in [1.807, 2.05) is 0 Å². The van der Waals surface area contributed by atoms with E-state index in [1.54, 1.807) is 7.11 Å². The summed E-state index contributed by atoms with van der Waals surface area (Å²) in [5.74, 6) is -1.30. The monoisotopic (exact) mass is 359 g/mol. The maximum Gasteiger partial charge on any atom is 0.244 e. The van der Waals surface area contributed by atoms with Gasteiger partial charge >= 0.3 is 0 Å². The van der Waals surface area contributed by atoms with Crippen molar-refractivity contribution in [1.82, 2.24) is 15.5 Å². The summed E-state index contributed by atoms with van der Waals surface area (Å²) in [4.78, 5) is 4.25. The summed E-state index contributed by atoms with van der Waals surface area (Å²) in [5.41, 5.74) is 0.338. The largest absolute Gasteiger partial charge is 0.380 e. The summed E-state index contributed by atoms with van der Waals surface area (Å²) in [6, 6.07) is 2.33. The molecule has 1 saturated heterocycles. The number of benzene rings is 1. The summed E-state index contributed by atoms with van der Waals surface area (Å²) in [5, 5.41) is 7.03. The van der Waals surface area contributed by atoms with Crippen LogP contribution in [-0.2, 0) is 4.74 Å². The lowest BCUT2D eigenvalue weighted by Crippen LogP contribution is -2.16. The highest BCUT2D eigenvalue weighted by molar-refractivity contribution is 9.10. The first-order chi connectivity index (χ1) is 10.1. The highest BCUT2D eigenvalue weighted by Crippen LogP contribution is 2.31. The van der Waals surface area contributed by atoms with Crippen LogP contribution >= 0.6 is 15.9 Å². The zero-order valence-electron chi connectivity index (χ0n) is 11.1. The molecule has 0 radical (unpaired) electrons.